The largest absolute Gasteiger partial charge is 0.487 e. The number of benzene rings is 1. The summed E-state index contributed by atoms with van der Waals surface area (Å²) in [5.41, 5.74) is 4.01. The standard InChI is InChI=1S/C34H56O4/c1-23(2)13-10-14-24(3)15-11-16-25(4)17-12-21-34(9)22-20-30-29(8)32(27(6)28(7)33(30)38-34)37-31(36)19-18-26(5)35/h23-25H,10-22H2,1-9H3. The van der Waals surface area contributed by atoms with Crippen LogP contribution >= 0.6 is 0 Å². The van der Waals surface area contributed by atoms with Crippen LogP contribution in [0.15, 0.2) is 0 Å². The Balaban J connectivity index is 1.87. The van der Waals surface area contributed by atoms with Crippen LogP contribution in [0.25, 0.3) is 0 Å². The fourth-order valence-electron chi connectivity index (χ4n) is 5.86. The highest BCUT2D eigenvalue weighted by molar-refractivity contribution is 5.82. The second-order valence-corrected chi connectivity index (χ2v) is 13.1. The van der Waals surface area contributed by atoms with Gasteiger partial charge in [0.25, 0.3) is 0 Å². The molecule has 0 radical (unpaired) electrons. The average Bonchev–Trinajstić information content (AvgIpc) is 2.83. The Bertz CT molecular complexity index is 931. The summed E-state index contributed by atoms with van der Waals surface area (Å²) in [6.07, 6.45) is 13.9. The molecule has 0 aliphatic carbocycles. The number of hydrogen-bond acceptors (Lipinski definition) is 4. The predicted molar refractivity (Wildman–Crippen MR) is 158 cm³/mol. The molecular weight excluding hydrogens is 472 g/mol. The molecule has 0 fully saturated rings. The van der Waals surface area contributed by atoms with E-state index < -0.39 is 0 Å². The Morgan fingerprint density at radius 1 is 0.842 bits per heavy atom. The number of ketones is 1. The Morgan fingerprint density at radius 2 is 1.42 bits per heavy atom. The van der Waals surface area contributed by atoms with E-state index in [2.05, 4.69) is 41.5 Å². The number of ether oxygens (including phenoxy) is 2. The highest BCUT2D eigenvalue weighted by atomic mass is 16.5. The zero-order valence-electron chi connectivity index (χ0n) is 26.1. The highest BCUT2D eigenvalue weighted by Crippen LogP contribution is 2.45. The van der Waals surface area contributed by atoms with Gasteiger partial charge >= 0.3 is 5.97 Å². The summed E-state index contributed by atoms with van der Waals surface area (Å²) in [7, 11) is 0. The molecular formula is C34H56O4. The third-order valence-electron chi connectivity index (χ3n) is 8.74. The topological polar surface area (TPSA) is 52.6 Å². The summed E-state index contributed by atoms with van der Waals surface area (Å²) in [5.74, 6) is 3.73. The fraction of sp³-hybridized carbons (Fsp3) is 0.765. The molecule has 1 heterocycles. The minimum absolute atomic E-state index is 0.00112. The van der Waals surface area contributed by atoms with Crippen molar-refractivity contribution in [3.05, 3.63) is 22.3 Å². The van der Waals surface area contributed by atoms with Crippen molar-refractivity contribution in [1.82, 2.24) is 0 Å². The molecule has 3 unspecified atom stereocenters. The van der Waals surface area contributed by atoms with Gasteiger partial charge in [0.05, 0.1) is 6.42 Å². The molecule has 0 saturated heterocycles. The number of Topliss-reactive ketones (excluding diaryl/α,β-unsaturated/α-hetero) is 1. The van der Waals surface area contributed by atoms with Gasteiger partial charge in [-0.15, -0.1) is 0 Å². The van der Waals surface area contributed by atoms with Crippen LogP contribution in [0, 0.1) is 38.5 Å². The molecule has 1 aliphatic rings. The first-order chi connectivity index (χ1) is 17.8. The summed E-state index contributed by atoms with van der Waals surface area (Å²) >= 11 is 0. The van der Waals surface area contributed by atoms with Gasteiger partial charge in [-0.2, -0.15) is 0 Å². The third kappa shape index (κ3) is 10.0. The van der Waals surface area contributed by atoms with Gasteiger partial charge in [0.15, 0.2) is 0 Å². The van der Waals surface area contributed by atoms with E-state index >= 15 is 0 Å². The lowest BCUT2D eigenvalue weighted by Crippen LogP contribution is -2.37. The number of carbonyl (C=O) groups is 2. The molecule has 1 aromatic rings. The van der Waals surface area contributed by atoms with Crippen LogP contribution < -0.4 is 9.47 Å². The lowest BCUT2D eigenvalue weighted by atomic mass is 9.83. The molecule has 0 amide bonds. The monoisotopic (exact) mass is 528 g/mol. The van der Waals surface area contributed by atoms with Crippen LogP contribution in [0.2, 0.25) is 0 Å². The van der Waals surface area contributed by atoms with E-state index in [-0.39, 0.29) is 30.2 Å². The molecule has 216 valence electrons. The Labute approximate surface area is 233 Å². The van der Waals surface area contributed by atoms with E-state index in [0.717, 1.165) is 65.0 Å². The average molecular weight is 529 g/mol. The normalized spacial score (nSPS) is 18.6. The van der Waals surface area contributed by atoms with Gasteiger partial charge in [0.2, 0.25) is 0 Å². The number of rotatable bonds is 16. The Kier molecular flexibility index (Phi) is 12.8. The SMILES string of the molecule is CC(=O)CCC(=O)Oc1c(C)c(C)c2c(c1C)CCC(C)(CCCC(C)CCCC(C)CCCC(C)C)O2. The number of fused-ring (bicyclic) bond motifs is 1. The molecule has 1 aliphatic heterocycles. The molecule has 0 aromatic heterocycles. The number of carbonyl (C=O) groups excluding carboxylic acids is 2. The minimum Gasteiger partial charge on any atom is -0.487 e. The molecule has 0 saturated carbocycles. The number of hydrogen-bond donors (Lipinski definition) is 0. The molecule has 4 nitrogen and oxygen atoms in total. The lowest BCUT2D eigenvalue weighted by Gasteiger charge is -2.38. The van der Waals surface area contributed by atoms with Crippen LogP contribution in [-0.2, 0) is 16.0 Å². The molecule has 38 heavy (non-hydrogen) atoms. The van der Waals surface area contributed by atoms with Crippen LogP contribution in [0.4, 0.5) is 0 Å². The van der Waals surface area contributed by atoms with Gasteiger partial charge < -0.3 is 14.3 Å². The maximum atomic E-state index is 12.3. The molecule has 0 N–H and O–H groups in total. The molecule has 0 bridgehead atoms. The maximum absolute atomic E-state index is 12.3. The molecule has 0 spiro atoms. The summed E-state index contributed by atoms with van der Waals surface area (Å²) in [6, 6.07) is 0. The zero-order chi connectivity index (χ0) is 28.5. The molecule has 4 heteroatoms. The van der Waals surface area contributed by atoms with Crippen LogP contribution in [0.3, 0.4) is 0 Å². The maximum Gasteiger partial charge on any atom is 0.311 e. The van der Waals surface area contributed by atoms with Gasteiger partial charge in [-0.25, -0.2) is 0 Å². The van der Waals surface area contributed by atoms with Crippen molar-refractivity contribution in [2.45, 2.75) is 151 Å². The van der Waals surface area contributed by atoms with Crippen molar-refractivity contribution in [2.24, 2.45) is 17.8 Å². The van der Waals surface area contributed by atoms with E-state index in [1.807, 2.05) is 13.8 Å². The van der Waals surface area contributed by atoms with Crippen molar-refractivity contribution >= 4 is 11.8 Å². The van der Waals surface area contributed by atoms with Crippen LogP contribution in [0.1, 0.15) is 141 Å². The van der Waals surface area contributed by atoms with E-state index in [1.165, 1.54) is 58.3 Å². The quantitative estimate of drug-likeness (QED) is 0.158. The molecule has 2 rings (SSSR count). The summed E-state index contributed by atoms with van der Waals surface area (Å²) in [6.45, 7) is 19.3. The van der Waals surface area contributed by atoms with Gasteiger partial charge in [-0.3, -0.25) is 4.79 Å². The predicted octanol–water partition coefficient (Wildman–Crippen LogP) is 9.41. The van der Waals surface area contributed by atoms with E-state index in [0.29, 0.717) is 5.75 Å². The fourth-order valence-corrected chi connectivity index (χ4v) is 5.86. The second kappa shape index (κ2) is 15.1. The van der Waals surface area contributed by atoms with Gasteiger partial charge in [0.1, 0.15) is 22.9 Å². The van der Waals surface area contributed by atoms with Crippen molar-refractivity contribution in [2.75, 3.05) is 0 Å². The van der Waals surface area contributed by atoms with Crippen molar-refractivity contribution in [3.8, 4) is 11.5 Å². The molecule has 1 aromatic carbocycles. The van der Waals surface area contributed by atoms with Crippen molar-refractivity contribution in [1.29, 1.82) is 0 Å². The first-order valence-electron chi connectivity index (χ1n) is 15.3. The van der Waals surface area contributed by atoms with Crippen LogP contribution in [-0.4, -0.2) is 17.4 Å². The highest BCUT2D eigenvalue weighted by Gasteiger charge is 2.34. The summed E-state index contributed by atoms with van der Waals surface area (Å²) in [4.78, 5) is 23.6. The van der Waals surface area contributed by atoms with E-state index in [9.17, 15) is 9.59 Å². The minimum atomic E-state index is -0.345. The smallest absolute Gasteiger partial charge is 0.311 e. The number of esters is 1. The van der Waals surface area contributed by atoms with Crippen LogP contribution in [0.5, 0.6) is 11.5 Å². The molecule has 3 atom stereocenters. The van der Waals surface area contributed by atoms with E-state index in [1.54, 1.807) is 0 Å². The second-order valence-electron chi connectivity index (χ2n) is 13.1. The van der Waals surface area contributed by atoms with Gasteiger partial charge in [0, 0.05) is 12.0 Å². The first-order valence-corrected chi connectivity index (χ1v) is 15.3. The van der Waals surface area contributed by atoms with Gasteiger partial charge in [-0.1, -0.05) is 72.6 Å². The van der Waals surface area contributed by atoms with Crippen molar-refractivity contribution < 1.29 is 19.1 Å². The Morgan fingerprint density at radius 3 is 2.00 bits per heavy atom. The summed E-state index contributed by atoms with van der Waals surface area (Å²) in [5, 5.41) is 0. The first kappa shape index (κ1) is 32.4. The van der Waals surface area contributed by atoms with Crippen molar-refractivity contribution in [3.63, 3.8) is 0 Å². The van der Waals surface area contributed by atoms with E-state index in [4.69, 9.17) is 9.47 Å². The van der Waals surface area contributed by atoms with Gasteiger partial charge in [-0.05, 0) is 94.7 Å². The lowest BCUT2D eigenvalue weighted by molar-refractivity contribution is -0.136. The third-order valence-corrected chi connectivity index (χ3v) is 8.74. The summed E-state index contributed by atoms with van der Waals surface area (Å²) < 4.78 is 12.5. The Hall–Kier alpha value is -1.84. The zero-order valence-corrected chi connectivity index (χ0v) is 26.1.